The third-order valence-electron chi connectivity index (χ3n) is 4.28. The number of hydrogen-bond donors (Lipinski definition) is 1. The Bertz CT molecular complexity index is 771. The number of benzene rings is 2. The molecule has 1 heterocycles. The average molecular weight is 373 g/mol. The molecular weight excluding hydrogens is 352 g/mol. The largest absolute Gasteiger partial charge is 0.378 e. The summed E-state index contributed by atoms with van der Waals surface area (Å²) in [6.07, 6.45) is 0.718. The molecule has 0 radical (unpaired) electrons. The van der Waals surface area contributed by atoms with E-state index in [1.807, 2.05) is 24.3 Å². The van der Waals surface area contributed by atoms with E-state index in [9.17, 15) is 9.59 Å². The van der Waals surface area contributed by atoms with Gasteiger partial charge >= 0.3 is 0 Å². The van der Waals surface area contributed by atoms with Crippen molar-refractivity contribution in [1.82, 2.24) is 10.2 Å². The second-order valence-electron chi connectivity index (χ2n) is 6.12. The predicted octanol–water partition coefficient (Wildman–Crippen LogP) is 2.78. The fourth-order valence-corrected chi connectivity index (χ4v) is 2.94. The van der Waals surface area contributed by atoms with Gasteiger partial charge in [0.05, 0.1) is 13.2 Å². The van der Waals surface area contributed by atoms with Gasteiger partial charge in [-0.1, -0.05) is 29.8 Å². The molecule has 0 bridgehead atoms. The van der Waals surface area contributed by atoms with Gasteiger partial charge in [0.15, 0.2) is 0 Å². The van der Waals surface area contributed by atoms with E-state index < -0.39 is 0 Å². The van der Waals surface area contributed by atoms with E-state index in [1.54, 1.807) is 29.2 Å². The molecule has 2 amide bonds. The van der Waals surface area contributed by atoms with E-state index >= 15 is 0 Å². The van der Waals surface area contributed by atoms with Crippen LogP contribution >= 0.6 is 11.6 Å². The number of morpholine rings is 1. The third kappa shape index (κ3) is 4.84. The zero-order valence-electron chi connectivity index (χ0n) is 14.4. The number of rotatable bonds is 5. The van der Waals surface area contributed by atoms with Crippen LogP contribution in [-0.2, 0) is 11.2 Å². The van der Waals surface area contributed by atoms with Crippen molar-refractivity contribution >= 4 is 23.4 Å². The zero-order chi connectivity index (χ0) is 18.4. The second-order valence-corrected chi connectivity index (χ2v) is 6.55. The molecule has 6 heteroatoms. The second kappa shape index (κ2) is 8.83. The molecule has 2 aromatic rings. The van der Waals surface area contributed by atoms with Crippen molar-refractivity contribution in [3.63, 3.8) is 0 Å². The molecule has 136 valence electrons. The molecule has 3 rings (SSSR count). The Labute approximate surface area is 157 Å². The van der Waals surface area contributed by atoms with Crippen LogP contribution in [0.15, 0.2) is 48.5 Å². The minimum atomic E-state index is -0.185. The van der Waals surface area contributed by atoms with E-state index in [0.29, 0.717) is 49.0 Å². The first kappa shape index (κ1) is 18.4. The van der Waals surface area contributed by atoms with Crippen LogP contribution in [0.1, 0.15) is 26.3 Å². The number of carbonyl (C=O) groups excluding carboxylic acids is 2. The molecule has 0 unspecified atom stereocenters. The van der Waals surface area contributed by atoms with E-state index in [0.717, 1.165) is 12.0 Å². The molecule has 1 aliphatic rings. The lowest BCUT2D eigenvalue weighted by Gasteiger charge is -2.27. The highest BCUT2D eigenvalue weighted by Crippen LogP contribution is 2.11. The Balaban J connectivity index is 1.57. The van der Waals surface area contributed by atoms with Crippen molar-refractivity contribution in [2.45, 2.75) is 6.42 Å². The first-order valence-corrected chi connectivity index (χ1v) is 9.01. The zero-order valence-corrected chi connectivity index (χ0v) is 15.2. The Hall–Kier alpha value is -2.37. The molecule has 2 aromatic carbocycles. The summed E-state index contributed by atoms with van der Waals surface area (Å²) in [6, 6.07) is 14.4. The summed E-state index contributed by atoms with van der Waals surface area (Å²) in [7, 11) is 0. The summed E-state index contributed by atoms with van der Waals surface area (Å²) < 4.78 is 5.27. The first-order chi connectivity index (χ1) is 12.6. The highest BCUT2D eigenvalue weighted by molar-refractivity contribution is 6.30. The van der Waals surface area contributed by atoms with Crippen molar-refractivity contribution < 1.29 is 14.3 Å². The van der Waals surface area contributed by atoms with Crippen LogP contribution in [0.2, 0.25) is 5.02 Å². The lowest BCUT2D eigenvalue weighted by atomic mass is 10.1. The van der Waals surface area contributed by atoms with Crippen molar-refractivity contribution in [2.24, 2.45) is 0 Å². The average Bonchev–Trinajstić information content (AvgIpc) is 2.69. The number of nitrogens with one attached hydrogen (secondary N) is 1. The smallest absolute Gasteiger partial charge is 0.254 e. The van der Waals surface area contributed by atoms with Crippen molar-refractivity contribution in [3.8, 4) is 0 Å². The molecule has 0 aliphatic carbocycles. The molecule has 0 atom stereocenters. The number of carbonyl (C=O) groups is 2. The van der Waals surface area contributed by atoms with Crippen molar-refractivity contribution in [1.29, 1.82) is 0 Å². The van der Waals surface area contributed by atoms with Gasteiger partial charge in [0.25, 0.3) is 11.8 Å². The van der Waals surface area contributed by atoms with Crippen molar-refractivity contribution in [2.75, 3.05) is 32.8 Å². The molecule has 1 aliphatic heterocycles. The monoisotopic (exact) mass is 372 g/mol. The molecule has 0 saturated carbocycles. The Morgan fingerprint density at radius 2 is 1.73 bits per heavy atom. The SMILES string of the molecule is O=C(NCCc1ccc(Cl)cc1)c1cccc(C(=O)N2CCOCC2)c1. The molecule has 1 fully saturated rings. The van der Waals surface area contributed by atoms with Crippen molar-refractivity contribution in [3.05, 3.63) is 70.2 Å². The van der Waals surface area contributed by atoms with Crippen LogP contribution in [0.25, 0.3) is 0 Å². The maximum Gasteiger partial charge on any atom is 0.254 e. The topological polar surface area (TPSA) is 58.6 Å². The Kier molecular flexibility index (Phi) is 6.26. The van der Waals surface area contributed by atoms with Gasteiger partial charge in [-0.2, -0.15) is 0 Å². The molecule has 1 saturated heterocycles. The number of halogens is 1. The number of hydrogen-bond acceptors (Lipinski definition) is 3. The number of amides is 2. The number of nitrogens with zero attached hydrogens (tertiary/aromatic N) is 1. The van der Waals surface area contributed by atoms with Gasteiger partial charge in [-0.3, -0.25) is 9.59 Å². The van der Waals surface area contributed by atoms with E-state index in [-0.39, 0.29) is 11.8 Å². The fourth-order valence-electron chi connectivity index (χ4n) is 2.82. The van der Waals surface area contributed by atoms with Crippen LogP contribution in [0, 0.1) is 0 Å². The molecular formula is C20H21ClN2O3. The summed E-state index contributed by atoms with van der Waals surface area (Å²) in [5.41, 5.74) is 2.11. The summed E-state index contributed by atoms with van der Waals surface area (Å²) >= 11 is 5.86. The summed E-state index contributed by atoms with van der Waals surface area (Å²) in [5.74, 6) is -0.250. The minimum absolute atomic E-state index is 0.0656. The van der Waals surface area contributed by atoms with Gasteiger partial charge < -0.3 is 15.0 Å². The van der Waals surface area contributed by atoms with E-state index in [1.165, 1.54) is 0 Å². The molecule has 5 nitrogen and oxygen atoms in total. The van der Waals surface area contributed by atoms with Crippen LogP contribution in [-0.4, -0.2) is 49.6 Å². The highest BCUT2D eigenvalue weighted by Gasteiger charge is 2.19. The quantitative estimate of drug-likeness (QED) is 0.878. The lowest BCUT2D eigenvalue weighted by molar-refractivity contribution is 0.0303. The molecule has 0 spiro atoms. The van der Waals surface area contributed by atoms with Crippen LogP contribution in [0.5, 0.6) is 0 Å². The standard InChI is InChI=1S/C20H21ClN2O3/c21-18-6-4-15(5-7-18)8-9-22-19(24)16-2-1-3-17(14-16)20(25)23-10-12-26-13-11-23/h1-7,14H,8-13H2,(H,22,24). The molecule has 0 aromatic heterocycles. The highest BCUT2D eigenvalue weighted by atomic mass is 35.5. The number of ether oxygens (including phenoxy) is 1. The van der Waals surface area contributed by atoms with E-state index in [4.69, 9.17) is 16.3 Å². The Morgan fingerprint density at radius 3 is 2.46 bits per heavy atom. The Morgan fingerprint density at radius 1 is 1.04 bits per heavy atom. The normalized spacial score (nSPS) is 14.1. The maximum absolute atomic E-state index is 12.5. The van der Waals surface area contributed by atoms with E-state index in [2.05, 4.69) is 5.32 Å². The predicted molar refractivity (Wildman–Crippen MR) is 101 cm³/mol. The summed E-state index contributed by atoms with van der Waals surface area (Å²) in [6.45, 7) is 2.78. The molecule has 1 N–H and O–H groups in total. The molecule has 26 heavy (non-hydrogen) atoms. The van der Waals surface area contributed by atoms with Crippen LogP contribution < -0.4 is 5.32 Å². The maximum atomic E-state index is 12.5. The van der Waals surface area contributed by atoms with Gasteiger partial charge in [0.1, 0.15) is 0 Å². The van der Waals surface area contributed by atoms with Gasteiger partial charge in [0.2, 0.25) is 0 Å². The van der Waals surface area contributed by atoms with Gasteiger partial charge in [-0.25, -0.2) is 0 Å². The summed E-state index contributed by atoms with van der Waals surface area (Å²) in [4.78, 5) is 26.6. The third-order valence-corrected chi connectivity index (χ3v) is 4.53. The van der Waals surface area contributed by atoms with Gasteiger partial charge in [0, 0.05) is 35.8 Å². The van der Waals surface area contributed by atoms with Crippen LogP contribution in [0.4, 0.5) is 0 Å². The van der Waals surface area contributed by atoms with Gasteiger partial charge in [-0.15, -0.1) is 0 Å². The minimum Gasteiger partial charge on any atom is -0.378 e. The van der Waals surface area contributed by atoms with Gasteiger partial charge in [-0.05, 0) is 42.3 Å². The van der Waals surface area contributed by atoms with Crippen LogP contribution in [0.3, 0.4) is 0 Å². The lowest BCUT2D eigenvalue weighted by Crippen LogP contribution is -2.40. The first-order valence-electron chi connectivity index (χ1n) is 8.63. The summed E-state index contributed by atoms with van der Waals surface area (Å²) in [5, 5.41) is 3.58. The fraction of sp³-hybridized carbons (Fsp3) is 0.300.